The third-order valence-corrected chi connectivity index (χ3v) is 7.09. The molecule has 2 aromatic heterocycles. The summed E-state index contributed by atoms with van der Waals surface area (Å²) >= 11 is 1.38. The molecule has 1 amide bonds. The molecule has 1 aliphatic heterocycles. The Bertz CT molecular complexity index is 1520. The molecule has 172 valence electrons. The maximum absolute atomic E-state index is 13.5. The van der Waals surface area contributed by atoms with Crippen LogP contribution in [0.2, 0.25) is 0 Å². The molecule has 34 heavy (non-hydrogen) atoms. The Morgan fingerprint density at radius 1 is 1.18 bits per heavy atom. The van der Waals surface area contributed by atoms with E-state index in [1.54, 1.807) is 44.3 Å². The fourth-order valence-electron chi connectivity index (χ4n) is 4.15. The van der Waals surface area contributed by atoms with Crippen LogP contribution in [0.4, 0.5) is 10.1 Å². The van der Waals surface area contributed by atoms with E-state index in [1.807, 2.05) is 6.92 Å². The second-order valence-electron chi connectivity index (χ2n) is 8.14. The number of hydrogen-bond acceptors (Lipinski definition) is 6. The van der Waals surface area contributed by atoms with Crippen LogP contribution >= 0.6 is 11.3 Å². The van der Waals surface area contributed by atoms with E-state index in [1.165, 1.54) is 39.3 Å². The Hall–Kier alpha value is -3.85. The van der Waals surface area contributed by atoms with Gasteiger partial charge >= 0.3 is 0 Å². The van der Waals surface area contributed by atoms with Gasteiger partial charge in [-0.3, -0.25) is 19.0 Å². The molecule has 1 atom stereocenters. The minimum atomic E-state index is -0.839. The first-order chi connectivity index (χ1) is 16.3. The van der Waals surface area contributed by atoms with Crippen LogP contribution in [0.3, 0.4) is 0 Å². The maximum Gasteiger partial charge on any atom is 0.264 e. The first kappa shape index (κ1) is 22.0. The van der Waals surface area contributed by atoms with Crippen LogP contribution in [0.25, 0.3) is 21.3 Å². The zero-order valence-electron chi connectivity index (χ0n) is 18.7. The predicted octanol–water partition coefficient (Wildman–Crippen LogP) is 4.37. The van der Waals surface area contributed by atoms with Gasteiger partial charge in [-0.05, 0) is 49.7 Å². The Morgan fingerprint density at radius 3 is 2.65 bits per heavy atom. The molecule has 1 aliphatic rings. The summed E-state index contributed by atoms with van der Waals surface area (Å²) < 4.78 is 20.2. The summed E-state index contributed by atoms with van der Waals surface area (Å²) in [6, 6.07) is 9.98. The van der Waals surface area contributed by atoms with Crippen molar-refractivity contribution in [1.29, 1.82) is 0 Å². The number of amides is 1. The van der Waals surface area contributed by atoms with E-state index in [4.69, 9.17) is 4.74 Å². The number of carbonyl (C=O) groups excluding carboxylic acids is 2. The van der Waals surface area contributed by atoms with Crippen LogP contribution in [-0.2, 0) is 4.79 Å². The highest BCUT2D eigenvalue weighted by Crippen LogP contribution is 2.36. The fraction of sp³-hybridized carbons (Fsp3) is 0.200. The third-order valence-electron chi connectivity index (χ3n) is 6.07. The van der Waals surface area contributed by atoms with Crippen molar-refractivity contribution < 1.29 is 18.7 Å². The standard InChI is InChI=1S/C25H20FN3O4S/c1-13(23(31)16-6-9-19-18(10-16)28(3)20(30)11-33-19)29-12-27-24-22(25(29)32)21(14(2)34-24)15-4-7-17(26)8-5-15/h4-10,12-13H,11H2,1-3H3. The van der Waals surface area contributed by atoms with Gasteiger partial charge in [0.2, 0.25) is 0 Å². The van der Waals surface area contributed by atoms with Gasteiger partial charge in [-0.25, -0.2) is 9.37 Å². The van der Waals surface area contributed by atoms with Gasteiger partial charge in [0.05, 0.1) is 23.4 Å². The molecule has 0 N–H and O–H groups in total. The number of ether oxygens (including phenoxy) is 1. The first-order valence-corrected chi connectivity index (χ1v) is 11.4. The van der Waals surface area contributed by atoms with E-state index >= 15 is 0 Å². The molecule has 1 unspecified atom stereocenters. The summed E-state index contributed by atoms with van der Waals surface area (Å²) in [5, 5.41) is 0.403. The van der Waals surface area contributed by atoms with Gasteiger partial charge in [0.1, 0.15) is 16.4 Å². The maximum atomic E-state index is 13.5. The van der Waals surface area contributed by atoms with E-state index < -0.39 is 6.04 Å². The molecule has 3 heterocycles. The summed E-state index contributed by atoms with van der Waals surface area (Å²) in [5.74, 6) is -0.354. The molecular weight excluding hydrogens is 457 g/mol. The smallest absolute Gasteiger partial charge is 0.264 e. The van der Waals surface area contributed by atoms with Crippen molar-refractivity contribution in [1.82, 2.24) is 9.55 Å². The number of ketones is 1. The minimum absolute atomic E-state index is 0.0509. The molecule has 4 aromatic rings. The van der Waals surface area contributed by atoms with E-state index in [9.17, 15) is 18.8 Å². The molecule has 0 radical (unpaired) electrons. The second kappa shape index (κ2) is 8.18. The predicted molar refractivity (Wildman–Crippen MR) is 128 cm³/mol. The number of halogens is 1. The summed E-state index contributed by atoms with van der Waals surface area (Å²) in [4.78, 5) is 46.2. The Kier molecular flexibility index (Phi) is 5.28. The largest absolute Gasteiger partial charge is 0.482 e. The van der Waals surface area contributed by atoms with Crippen LogP contribution in [0.1, 0.15) is 28.2 Å². The van der Waals surface area contributed by atoms with Gasteiger partial charge in [-0.2, -0.15) is 0 Å². The highest BCUT2D eigenvalue weighted by atomic mass is 32.1. The zero-order chi connectivity index (χ0) is 24.1. The van der Waals surface area contributed by atoms with Crippen molar-refractivity contribution in [2.24, 2.45) is 0 Å². The van der Waals surface area contributed by atoms with E-state index in [2.05, 4.69) is 4.98 Å². The Morgan fingerprint density at radius 2 is 1.91 bits per heavy atom. The lowest BCUT2D eigenvalue weighted by Crippen LogP contribution is -2.35. The summed E-state index contributed by atoms with van der Waals surface area (Å²) in [6.45, 7) is 3.47. The number of aromatic nitrogens is 2. The van der Waals surface area contributed by atoms with Crippen molar-refractivity contribution in [2.45, 2.75) is 19.9 Å². The van der Waals surface area contributed by atoms with Crippen LogP contribution in [0, 0.1) is 12.7 Å². The van der Waals surface area contributed by atoms with Crippen molar-refractivity contribution in [3.63, 3.8) is 0 Å². The van der Waals surface area contributed by atoms with Crippen molar-refractivity contribution in [3.8, 4) is 16.9 Å². The fourth-order valence-corrected chi connectivity index (χ4v) is 5.15. The molecule has 9 heteroatoms. The van der Waals surface area contributed by atoms with Gasteiger partial charge in [0.15, 0.2) is 12.4 Å². The summed E-state index contributed by atoms with van der Waals surface area (Å²) in [6.07, 6.45) is 1.38. The number of hydrogen-bond donors (Lipinski definition) is 0. The van der Waals surface area contributed by atoms with Gasteiger partial charge in [-0.15, -0.1) is 11.3 Å². The normalized spacial score (nSPS) is 14.1. The molecule has 0 saturated carbocycles. The number of likely N-dealkylation sites (N-methyl/N-ethyl adjacent to an activating group) is 1. The Balaban J connectivity index is 1.57. The van der Waals surface area contributed by atoms with E-state index in [0.717, 1.165) is 4.88 Å². The molecule has 0 spiro atoms. The number of nitrogens with zero attached hydrogens (tertiary/aromatic N) is 3. The highest BCUT2D eigenvalue weighted by molar-refractivity contribution is 7.19. The number of Topliss-reactive ketones (excluding diaryl/α,β-unsaturated/α-hetero) is 1. The summed E-state index contributed by atoms with van der Waals surface area (Å²) in [5.41, 5.74) is 1.91. The van der Waals surface area contributed by atoms with Gasteiger partial charge in [-0.1, -0.05) is 12.1 Å². The molecule has 0 aliphatic carbocycles. The van der Waals surface area contributed by atoms with Crippen LogP contribution in [0.15, 0.2) is 53.6 Å². The number of carbonyl (C=O) groups is 2. The quantitative estimate of drug-likeness (QED) is 0.408. The first-order valence-electron chi connectivity index (χ1n) is 10.6. The molecule has 0 bridgehead atoms. The third kappa shape index (κ3) is 3.49. The molecule has 2 aromatic carbocycles. The topological polar surface area (TPSA) is 81.5 Å². The van der Waals surface area contributed by atoms with Crippen molar-refractivity contribution >= 4 is 38.9 Å². The molecule has 5 rings (SSSR count). The van der Waals surface area contributed by atoms with Crippen molar-refractivity contribution in [2.75, 3.05) is 18.6 Å². The molecule has 0 saturated heterocycles. The summed E-state index contributed by atoms with van der Waals surface area (Å²) in [7, 11) is 1.62. The Labute approximate surface area is 198 Å². The minimum Gasteiger partial charge on any atom is -0.482 e. The number of thiophene rings is 1. The molecule has 0 fully saturated rings. The average Bonchev–Trinajstić information content (AvgIpc) is 3.18. The monoisotopic (exact) mass is 477 g/mol. The number of anilines is 1. The zero-order valence-corrected chi connectivity index (χ0v) is 19.5. The number of aryl methyl sites for hydroxylation is 1. The average molecular weight is 478 g/mol. The van der Waals surface area contributed by atoms with Crippen LogP contribution in [-0.4, -0.2) is 34.9 Å². The lowest BCUT2D eigenvalue weighted by atomic mass is 10.0. The van der Waals surface area contributed by atoms with Gasteiger partial charge in [0, 0.05) is 23.1 Å². The second-order valence-corrected chi connectivity index (χ2v) is 9.34. The van der Waals surface area contributed by atoms with Gasteiger partial charge in [0.25, 0.3) is 11.5 Å². The number of benzene rings is 2. The molecular formula is C25H20FN3O4S. The SMILES string of the molecule is Cc1sc2ncn(C(C)C(=O)c3ccc4c(c3)N(C)C(=O)CO4)c(=O)c2c1-c1ccc(F)cc1. The van der Waals surface area contributed by atoms with E-state index in [-0.39, 0.29) is 29.7 Å². The number of rotatable bonds is 4. The molecule has 7 nitrogen and oxygen atoms in total. The van der Waals surface area contributed by atoms with Crippen molar-refractivity contribution in [3.05, 3.63) is 75.4 Å². The van der Waals surface area contributed by atoms with Crippen LogP contribution in [0.5, 0.6) is 5.75 Å². The lowest BCUT2D eigenvalue weighted by molar-refractivity contribution is -0.120. The highest BCUT2D eigenvalue weighted by Gasteiger charge is 2.26. The van der Waals surface area contributed by atoms with Gasteiger partial charge < -0.3 is 9.64 Å². The van der Waals surface area contributed by atoms with Crippen LogP contribution < -0.4 is 15.2 Å². The lowest BCUT2D eigenvalue weighted by Gasteiger charge is -2.26. The van der Waals surface area contributed by atoms with E-state index in [0.29, 0.717) is 38.3 Å². The number of fused-ring (bicyclic) bond motifs is 2.